The summed E-state index contributed by atoms with van der Waals surface area (Å²) >= 11 is 1.13. The molecule has 0 aromatic carbocycles. The van der Waals surface area contributed by atoms with Crippen LogP contribution in [0.15, 0.2) is 11.1 Å². The smallest absolute Gasteiger partial charge is 0.350 e. The number of aryl methyl sites for hydroxylation is 1. The lowest BCUT2D eigenvalue weighted by atomic mass is 10.1. The van der Waals surface area contributed by atoms with Crippen LogP contribution in [0.5, 0.6) is 0 Å². The molecule has 1 amide bonds. The summed E-state index contributed by atoms with van der Waals surface area (Å²) in [6.45, 7) is 1.76. The Labute approximate surface area is 131 Å². The van der Waals surface area contributed by atoms with Crippen LogP contribution in [-0.4, -0.2) is 49.3 Å². The van der Waals surface area contributed by atoms with Gasteiger partial charge in [-0.05, 0) is 13.0 Å². The van der Waals surface area contributed by atoms with Gasteiger partial charge in [-0.2, -0.15) is 0 Å². The molecule has 0 aliphatic carbocycles. The number of nitrogens with two attached hydrogens (primary N) is 1. The number of carbonyl (C=O) groups is 2. The van der Waals surface area contributed by atoms with Crippen LogP contribution in [0.25, 0.3) is 10.2 Å². The van der Waals surface area contributed by atoms with Crippen molar-refractivity contribution in [3.8, 4) is 0 Å². The number of ether oxygens (including phenoxy) is 1. The summed E-state index contributed by atoms with van der Waals surface area (Å²) < 4.78 is 4.78. The van der Waals surface area contributed by atoms with E-state index in [2.05, 4.69) is 9.98 Å². The van der Waals surface area contributed by atoms with Crippen molar-refractivity contribution in [2.45, 2.75) is 6.92 Å². The molecule has 116 valence electrons. The van der Waals surface area contributed by atoms with Crippen LogP contribution in [0.3, 0.4) is 0 Å². The minimum Gasteiger partial charge on any atom is -0.465 e. The Hall–Kier alpha value is -2.48. The van der Waals surface area contributed by atoms with Gasteiger partial charge in [0.15, 0.2) is 0 Å². The number of primary amides is 1. The number of pyridine rings is 1. The van der Waals surface area contributed by atoms with E-state index in [1.54, 1.807) is 38.3 Å². The number of methoxy groups -OCH3 is 1. The van der Waals surface area contributed by atoms with Crippen LogP contribution >= 0.6 is 11.3 Å². The Bertz CT molecular complexity index is 780. The second kappa shape index (κ2) is 6.10. The molecule has 7 nitrogen and oxygen atoms in total. The highest BCUT2D eigenvalue weighted by molar-refractivity contribution is 7.21. The largest absolute Gasteiger partial charge is 0.465 e. The van der Waals surface area contributed by atoms with Gasteiger partial charge in [0.1, 0.15) is 15.4 Å². The summed E-state index contributed by atoms with van der Waals surface area (Å²) in [7, 11) is 4.89. The lowest BCUT2D eigenvalue weighted by Crippen LogP contribution is -2.12. The molecule has 2 aromatic rings. The molecule has 0 aliphatic heterocycles. The first-order valence-corrected chi connectivity index (χ1v) is 7.19. The van der Waals surface area contributed by atoms with Gasteiger partial charge in [-0.3, -0.25) is 4.79 Å². The van der Waals surface area contributed by atoms with Crippen LogP contribution in [-0.2, 0) is 4.74 Å². The van der Waals surface area contributed by atoms with Crippen molar-refractivity contribution in [3.05, 3.63) is 22.2 Å². The first-order valence-electron chi connectivity index (χ1n) is 6.38. The molecule has 2 aromatic heterocycles. The molecule has 0 aliphatic rings. The fourth-order valence-electron chi connectivity index (χ4n) is 1.93. The molecule has 8 heteroatoms. The van der Waals surface area contributed by atoms with Crippen molar-refractivity contribution in [1.29, 1.82) is 0 Å². The molecule has 0 saturated heterocycles. The minimum absolute atomic E-state index is 0.288. The van der Waals surface area contributed by atoms with Crippen molar-refractivity contribution in [3.63, 3.8) is 0 Å². The lowest BCUT2D eigenvalue weighted by Gasteiger charge is -2.05. The van der Waals surface area contributed by atoms with E-state index < -0.39 is 11.9 Å². The highest BCUT2D eigenvalue weighted by Crippen LogP contribution is 2.39. The predicted molar refractivity (Wildman–Crippen MR) is 86.1 cm³/mol. The van der Waals surface area contributed by atoms with Crippen LogP contribution < -0.4 is 5.73 Å². The Morgan fingerprint density at radius 1 is 1.45 bits per heavy atom. The van der Waals surface area contributed by atoms with Crippen LogP contribution in [0.1, 0.15) is 25.7 Å². The maximum Gasteiger partial charge on any atom is 0.350 e. The zero-order chi connectivity index (χ0) is 16.4. The van der Waals surface area contributed by atoms with E-state index in [0.717, 1.165) is 11.3 Å². The number of hydrogen-bond acceptors (Lipinski definition) is 6. The molecule has 2 heterocycles. The van der Waals surface area contributed by atoms with Gasteiger partial charge in [-0.25, -0.2) is 14.8 Å². The molecule has 0 unspecified atom stereocenters. The number of aliphatic imine (C=N–C) groups is 1. The Balaban J connectivity index is 2.85. The van der Waals surface area contributed by atoms with Crippen molar-refractivity contribution in [1.82, 2.24) is 9.88 Å². The quantitative estimate of drug-likeness (QED) is 0.525. The average molecular weight is 320 g/mol. The molecule has 0 fully saturated rings. The van der Waals surface area contributed by atoms with E-state index in [0.29, 0.717) is 27.2 Å². The van der Waals surface area contributed by atoms with E-state index in [-0.39, 0.29) is 4.88 Å². The van der Waals surface area contributed by atoms with Gasteiger partial charge >= 0.3 is 5.97 Å². The van der Waals surface area contributed by atoms with Gasteiger partial charge in [0, 0.05) is 19.8 Å². The van der Waals surface area contributed by atoms with Gasteiger partial charge in [-0.1, -0.05) is 0 Å². The molecule has 22 heavy (non-hydrogen) atoms. The van der Waals surface area contributed by atoms with Crippen molar-refractivity contribution < 1.29 is 14.3 Å². The van der Waals surface area contributed by atoms with E-state index in [1.807, 2.05) is 0 Å². The highest BCUT2D eigenvalue weighted by atomic mass is 32.1. The summed E-state index contributed by atoms with van der Waals surface area (Å²) in [5.74, 6) is -1.12. The molecule has 0 atom stereocenters. The van der Waals surface area contributed by atoms with E-state index >= 15 is 0 Å². The van der Waals surface area contributed by atoms with Crippen LogP contribution in [0.4, 0.5) is 5.69 Å². The number of fused-ring (bicyclic) bond motifs is 1. The first-order chi connectivity index (χ1) is 10.3. The molecular formula is C14H16N4O3S. The number of rotatable bonds is 4. The minimum atomic E-state index is -0.592. The van der Waals surface area contributed by atoms with Gasteiger partial charge in [0.2, 0.25) is 5.91 Å². The van der Waals surface area contributed by atoms with Crippen LogP contribution in [0.2, 0.25) is 0 Å². The number of aromatic nitrogens is 1. The summed E-state index contributed by atoms with van der Waals surface area (Å²) in [5, 5.41) is 0.474. The number of thiophene rings is 1. The molecule has 2 rings (SSSR count). The Morgan fingerprint density at radius 2 is 2.14 bits per heavy atom. The second-order valence-corrected chi connectivity index (χ2v) is 5.83. The van der Waals surface area contributed by atoms with Crippen molar-refractivity contribution >= 4 is 45.5 Å². The highest BCUT2D eigenvalue weighted by Gasteiger charge is 2.23. The summed E-state index contributed by atoms with van der Waals surface area (Å²) in [5.41, 5.74) is 6.73. The average Bonchev–Trinajstić information content (AvgIpc) is 2.81. The van der Waals surface area contributed by atoms with Gasteiger partial charge < -0.3 is 15.4 Å². The topological polar surface area (TPSA) is 97.9 Å². The maximum atomic E-state index is 12.0. The summed E-state index contributed by atoms with van der Waals surface area (Å²) in [6, 6.07) is 1.59. The van der Waals surface area contributed by atoms with E-state index in [4.69, 9.17) is 10.5 Å². The number of carbonyl (C=O) groups excluding carboxylic acids is 2. The third-order valence-corrected chi connectivity index (χ3v) is 3.87. The summed E-state index contributed by atoms with van der Waals surface area (Å²) in [6.07, 6.45) is 1.54. The Kier molecular flexibility index (Phi) is 4.41. The molecule has 0 saturated carbocycles. The summed E-state index contributed by atoms with van der Waals surface area (Å²) in [4.78, 5) is 34.9. The fourth-order valence-corrected chi connectivity index (χ4v) is 3.04. The Morgan fingerprint density at radius 3 is 2.68 bits per heavy atom. The number of esters is 1. The fraction of sp³-hybridized carbons (Fsp3) is 0.286. The SMILES string of the molecule is COC(=O)c1sc2nc(C)cc(C(N)=O)c2c1N=CN(C)C. The zero-order valence-electron chi connectivity index (χ0n) is 12.7. The second-order valence-electron chi connectivity index (χ2n) is 4.84. The van der Waals surface area contributed by atoms with Gasteiger partial charge in [-0.15, -0.1) is 11.3 Å². The first kappa shape index (κ1) is 15.9. The molecule has 0 bridgehead atoms. The molecule has 2 N–H and O–H groups in total. The monoisotopic (exact) mass is 320 g/mol. The molecule has 0 spiro atoms. The third kappa shape index (κ3) is 2.91. The number of amides is 1. The van der Waals surface area contributed by atoms with E-state index in [9.17, 15) is 9.59 Å². The van der Waals surface area contributed by atoms with E-state index in [1.165, 1.54) is 7.11 Å². The number of nitrogens with zero attached hydrogens (tertiary/aromatic N) is 3. The van der Waals surface area contributed by atoms with Gasteiger partial charge in [0.25, 0.3) is 0 Å². The lowest BCUT2D eigenvalue weighted by molar-refractivity contribution is 0.0607. The maximum absolute atomic E-state index is 12.0. The molecule has 0 radical (unpaired) electrons. The van der Waals surface area contributed by atoms with Crippen molar-refractivity contribution in [2.24, 2.45) is 10.7 Å². The standard InChI is InChI=1S/C14H16N4O3S/c1-7-5-8(12(15)19)9-10(16-6-18(2)3)11(14(20)21-4)22-13(9)17-7/h5-6H,1-4H3,(H2,15,19). The third-order valence-electron chi connectivity index (χ3n) is 2.82. The van der Waals surface area contributed by atoms with Crippen LogP contribution in [0, 0.1) is 6.92 Å². The molecular weight excluding hydrogens is 304 g/mol. The zero-order valence-corrected chi connectivity index (χ0v) is 13.5. The van der Waals surface area contributed by atoms with Gasteiger partial charge in [0.05, 0.1) is 24.4 Å². The number of hydrogen-bond donors (Lipinski definition) is 1. The normalized spacial score (nSPS) is 11.1. The van der Waals surface area contributed by atoms with Crippen molar-refractivity contribution in [2.75, 3.05) is 21.2 Å². The predicted octanol–water partition coefficient (Wildman–Crippen LogP) is 1.71.